The third kappa shape index (κ3) is 2.65. The van der Waals surface area contributed by atoms with Crippen LogP contribution in [-0.4, -0.2) is 24.9 Å². The van der Waals surface area contributed by atoms with Crippen molar-refractivity contribution in [2.45, 2.75) is 18.0 Å². The Kier molecular flexibility index (Phi) is 3.31. The van der Waals surface area contributed by atoms with Crippen LogP contribution in [0.25, 0.3) is 0 Å². The van der Waals surface area contributed by atoms with Crippen LogP contribution in [0.4, 0.5) is 0 Å². The first-order valence-corrected chi connectivity index (χ1v) is 5.86. The molecule has 0 bridgehead atoms. The van der Waals surface area contributed by atoms with Gasteiger partial charge in [-0.1, -0.05) is 23.4 Å². The van der Waals surface area contributed by atoms with Gasteiger partial charge in [0.05, 0.1) is 12.1 Å². The van der Waals surface area contributed by atoms with Crippen molar-refractivity contribution >= 4 is 23.4 Å². The molecule has 0 unspecified atom stereocenters. The Morgan fingerprint density at radius 3 is 2.94 bits per heavy atom. The van der Waals surface area contributed by atoms with Crippen molar-refractivity contribution in [2.24, 2.45) is 0 Å². The first-order chi connectivity index (χ1) is 7.65. The van der Waals surface area contributed by atoms with Crippen LogP contribution in [0.5, 0.6) is 5.88 Å². The molecule has 0 amide bonds. The second-order valence-electron chi connectivity index (χ2n) is 3.08. The summed E-state index contributed by atoms with van der Waals surface area (Å²) >= 11 is 7.22. The van der Waals surface area contributed by atoms with E-state index in [4.69, 9.17) is 11.6 Å². The van der Waals surface area contributed by atoms with E-state index in [1.54, 1.807) is 23.9 Å². The zero-order valence-electron chi connectivity index (χ0n) is 8.46. The number of hydrogen-bond donors (Lipinski definition) is 1. The normalized spacial score (nSPS) is 10.6. The van der Waals surface area contributed by atoms with Crippen molar-refractivity contribution < 1.29 is 5.11 Å². The Balaban J connectivity index is 2.07. The molecule has 0 fully saturated rings. The van der Waals surface area contributed by atoms with Gasteiger partial charge in [0.15, 0.2) is 5.16 Å². The van der Waals surface area contributed by atoms with Gasteiger partial charge in [-0.3, -0.25) is 0 Å². The molecule has 0 aliphatic heterocycles. The van der Waals surface area contributed by atoms with E-state index in [1.165, 1.54) is 17.8 Å². The van der Waals surface area contributed by atoms with Gasteiger partial charge in [-0.05, 0) is 13.0 Å². The highest BCUT2D eigenvalue weighted by Gasteiger charge is 2.04. The fourth-order valence-electron chi connectivity index (χ4n) is 1.12. The van der Waals surface area contributed by atoms with Gasteiger partial charge in [0.2, 0.25) is 5.88 Å². The molecule has 2 heterocycles. The number of nitrogens with zero attached hydrogens (tertiary/aromatic N) is 4. The summed E-state index contributed by atoms with van der Waals surface area (Å²) < 4.78 is 1.62. The summed E-state index contributed by atoms with van der Waals surface area (Å²) in [6.45, 7) is 1.80. The summed E-state index contributed by atoms with van der Waals surface area (Å²) in [5.41, 5.74) is 0.724. The molecule has 7 heteroatoms. The zero-order valence-corrected chi connectivity index (χ0v) is 10.0. The standard InChI is InChI=1S/C9H9ClN4OS/c1-6-4-8(15)13-9(12-6)16-5-14-7(10)2-3-11-14/h2-4H,5H2,1H3,(H,12,13,15). The average molecular weight is 257 g/mol. The first-order valence-electron chi connectivity index (χ1n) is 4.50. The molecule has 0 saturated heterocycles. The summed E-state index contributed by atoms with van der Waals surface area (Å²) in [6, 6.07) is 3.21. The van der Waals surface area contributed by atoms with Gasteiger partial charge in [0, 0.05) is 11.8 Å². The van der Waals surface area contributed by atoms with E-state index in [0.717, 1.165) is 5.69 Å². The summed E-state index contributed by atoms with van der Waals surface area (Å²) in [6.07, 6.45) is 1.62. The molecule has 16 heavy (non-hydrogen) atoms. The third-order valence-electron chi connectivity index (χ3n) is 1.80. The molecule has 0 atom stereocenters. The van der Waals surface area contributed by atoms with E-state index in [0.29, 0.717) is 16.2 Å². The molecule has 2 aromatic heterocycles. The fraction of sp³-hybridized carbons (Fsp3) is 0.222. The number of hydrogen-bond acceptors (Lipinski definition) is 5. The van der Waals surface area contributed by atoms with Gasteiger partial charge in [-0.2, -0.15) is 10.1 Å². The summed E-state index contributed by atoms with van der Waals surface area (Å²) in [5, 5.41) is 14.4. The van der Waals surface area contributed by atoms with Crippen LogP contribution < -0.4 is 0 Å². The Morgan fingerprint density at radius 1 is 1.50 bits per heavy atom. The van der Waals surface area contributed by atoms with Crippen molar-refractivity contribution in [3.63, 3.8) is 0 Å². The molecule has 0 aliphatic rings. The summed E-state index contributed by atoms with van der Waals surface area (Å²) in [5.74, 6) is 0.482. The number of aryl methyl sites for hydroxylation is 1. The summed E-state index contributed by atoms with van der Waals surface area (Å²) in [7, 11) is 0. The topological polar surface area (TPSA) is 63.8 Å². The smallest absolute Gasteiger partial charge is 0.215 e. The number of aromatic hydroxyl groups is 1. The van der Waals surface area contributed by atoms with E-state index in [2.05, 4.69) is 15.1 Å². The minimum atomic E-state index is -0.0263. The van der Waals surface area contributed by atoms with Crippen molar-refractivity contribution in [2.75, 3.05) is 0 Å². The number of rotatable bonds is 3. The molecule has 0 saturated carbocycles. The molecule has 0 spiro atoms. The second-order valence-corrected chi connectivity index (χ2v) is 4.38. The average Bonchev–Trinajstić information content (AvgIpc) is 2.59. The van der Waals surface area contributed by atoms with Gasteiger partial charge in [-0.15, -0.1) is 0 Å². The van der Waals surface area contributed by atoms with Crippen molar-refractivity contribution in [3.8, 4) is 5.88 Å². The number of thioether (sulfide) groups is 1. The molecule has 84 valence electrons. The molecule has 0 aromatic carbocycles. The SMILES string of the molecule is Cc1cc(O)nc(SCn2nccc2Cl)n1. The maximum absolute atomic E-state index is 9.29. The molecule has 0 radical (unpaired) electrons. The van der Waals surface area contributed by atoms with E-state index in [1.807, 2.05) is 0 Å². The van der Waals surface area contributed by atoms with Crippen LogP contribution in [0.1, 0.15) is 5.69 Å². The lowest BCUT2D eigenvalue weighted by atomic mass is 10.4. The van der Waals surface area contributed by atoms with Gasteiger partial charge < -0.3 is 5.11 Å². The zero-order chi connectivity index (χ0) is 11.5. The Labute approximate surface area is 101 Å². The molecular weight excluding hydrogens is 248 g/mol. The number of aromatic nitrogens is 4. The lowest BCUT2D eigenvalue weighted by molar-refractivity contribution is 0.444. The lowest BCUT2D eigenvalue weighted by Crippen LogP contribution is -1.98. The molecule has 1 N–H and O–H groups in total. The molecule has 2 aromatic rings. The van der Waals surface area contributed by atoms with Crippen LogP contribution in [0.3, 0.4) is 0 Å². The number of halogens is 1. The summed E-state index contributed by atoms with van der Waals surface area (Å²) in [4.78, 5) is 8.06. The van der Waals surface area contributed by atoms with Crippen LogP contribution in [0, 0.1) is 6.92 Å². The van der Waals surface area contributed by atoms with Crippen LogP contribution in [0.15, 0.2) is 23.5 Å². The molecule has 0 aliphatic carbocycles. The third-order valence-corrected chi connectivity index (χ3v) is 2.94. The fourth-order valence-corrected chi connectivity index (χ4v) is 2.16. The maximum atomic E-state index is 9.29. The minimum absolute atomic E-state index is 0.0263. The largest absolute Gasteiger partial charge is 0.493 e. The molecular formula is C9H9ClN4OS. The minimum Gasteiger partial charge on any atom is -0.493 e. The lowest BCUT2D eigenvalue weighted by Gasteiger charge is -2.03. The Hall–Kier alpha value is -1.27. The molecule has 2 rings (SSSR count). The van der Waals surface area contributed by atoms with Crippen molar-refractivity contribution in [3.05, 3.63) is 29.2 Å². The predicted octanol–water partition coefficient (Wildman–Crippen LogP) is 2.09. The highest BCUT2D eigenvalue weighted by atomic mass is 35.5. The van der Waals surface area contributed by atoms with E-state index >= 15 is 0 Å². The Morgan fingerprint density at radius 2 is 2.31 bits per heavy atom. The van der Waals surface area contributed by atoms with Gasteiger partial charge in [-0.25, -0.2) is 9.67 Å². The highest BCUT2D eigenvalue weighted by molar-refractivity contribution is 7.98. The van der Waals surface area contributed by atoms with Gasteiger partial charge in [0.1, 0.15) is 5.15 Å². The van der Waals surface area contributed by atoms with Crippen molar-refractivity contribution in [1.29, 1.82) is 0 Å². The van der Waals surface area contributed by atoms with E-state index in [-0.39, 0.29) is 5.88 Å². The van der Waals surface area contributed by atoms with E-state index in [9.17, 15) is 5.11 Å². The van der Waals surface area contributed by atoms with Gasteiger partial charge >= 0.3 is 0 Å². The maximum Gasteiger partial charge on any atom is 0.215 e. The van der Waals surface area contributed by atoms with E-state index < -0.39 is 0 Å². The van der Waals surface area contributed by atoms with Gasteiger partial charge in [0.25, 0.3) is 0 Å². The monoisotopic (exact) mass is 256 g/mol. The molecule has 5 nitrogen and oxygen atoms in total. The Bertz CT molecular complexity index is 482. The highest BCUT2D eigenvalue weighted by Crippen LogP contribution is 2.20. The first kappa shape index (κ1) is 11.2. The van der Waals surface area contributed by atoms with Crippen LogP contribution >= 0.6 is 23.4 Å². The van der Waals surface area contributed by atoms with Crippen LogP contribution in [-0.2, 0) is 5.88 Å². The predicted molar refractivity (Wildman–Crippen MR) is 61.5 cm³/mol. The van der Waals surface area contributed by atoms with Crippen LogP contribution in [0.2, 0.25) is 5.15 Å². The van der Waals surface area contributed by atoms with Crippen molar-refractivity contribution in [1.82, 2.24) is 19.7 Å². The quantitative estimate of drug-likeness (QED) is 0.673. The second kappa shape index (κ2) is 4.71.